The Morgan fingerprint density at radius 2 is 1.94 bits per heavy atom. The van der Waals surface area contributed by atoms with Gasteiger partial charge in [0.2, 0.25) is 0 Å². The summed E-state index contributed by atoms with van der Waals surface area (Å²) in [4.78, 5) is 23.7. The Kier molecular flexibility index (Phi) is 4.77. The average molecular weight is 258 g/mol. The van der Waals surface area contributed by atoms with Gasteiger partial charge in [-0.1, -0.05) is 0 Å². The summed E-state index contributed by atoms with van der Waals surface area (Å²) in [5.41, 5.74) is 4.47. The van der Waals surface area contributed by atoms with Crippen LogP contribution >= 0.6 is 0 Å². The van der Waals surface area contributed by atoms with E-state index in [1.165, 1.54) is 0 Å². The van der Waals surface area contributed by atoms with Gasteiger partial charge in [-0.05, 0) is 20.8 Å². The van der Waals surface area contributed by atoms with Crippen LogP contribution in [0.2, 0.25) is 0 Å². The Hall–Kier alpha value is -1.50. The largest absolute Gasteiger partial charge is 0.444 e. The summed E-state index contributed by atoms with van der Waals surface area (Å²) in [6.45, 7) is 7.91. The first-order valence-corrected chi connectivity index (χ1v) is 6.02. The van der Waals surface area contributed by atoms with Crippen LogP contribution in [-0.2, 0) is 4.74 Å². The van der Waals surface area contributed by atoms with E-state index in [1.807, 2.05) is 20.8 Å². The van der Waals surface area contributed by atoms with Crippen LogP contribution in [0.5, 0.6) is 0 Å². The molecule has 1 saturated heterocycles. The van der Waals surface area contributed by atoms with Gasteiger partial charge in [-0.3, -0.25) is 0 Å². The molecule has 0 aromatic rings. The van der Waals surface area contributed by atoms with Crippen molar-refractivity contribution in [3.8, 4) is 0 Å². The van der Waals surface area contributed by atoms with Crippen molar-refractivity contribution in [1.29, 1.82) is 0 Å². The van der Waals surface area contributed by atoms with Crippen LogP contribution in [0.3, 0.4) is 0 Å². The minimum absolute atomic E-state index is 0.257. The summed E-state index contributed by atoms with van der Waals surface area (Å²) in [5, 5.41) is 5.69. The first-order chi connectivity index (χ1) is 8.28. The summed E-state index contributed by atoms with van der Waals surface area (Å²) in [5.74, 6) is 0. The van der Waals surface area contributed by atoms with Crippen LogP contribution in [0.1, 0.15) is 20.8 Å². The zero-order valence-electron chi connectivity index (χ0n) is 11.2. The molecule has 7 heteroatoms. The third kappa shape index (κ3) is 5.22. The average Bonchev–Trinajstić information content (AvgIpc) is 2.10. The van der Waals surface area contributed by atoms with Crippen LogP contribution in [0, 0.1) is 0 Å². The van der Waals surface area contributed by atoms with Crippen molar-refractivity contribution in [2.45, 2.75) is 32.4 Å². The standard InChI is InChI=1S/C11H22N4O3/c1-11(2,3)18-10(17)15-6-8(7-15)13-4-5-14-9(12)16/h8,13H,4-7H2,1-3H3,(H3,12,14,16). The number of hydrogen-bond acceptors (Lipinski definition) is 4. The smallest absolute Gasteiger partial charge is 0.410 e. The van der Waals surface area contributed by atoms with Gasteiger partial charge in [-0.2, -0.15) is 0 Å². The molecule has 1 heterocycles. The van der Waals surface area contributed by atoms with Crippen LogP contribution in [0.15, 0.2) is 0 Å². The van der Waals surface area contributed by atoms with Crippen molar-refractivity contribution in [2.75, 3.05) is 26.2 Å². The monoisotopic (exact) mass is 258 g/mol. The minimum atomic E-state index is -0.527. The topological polar surface area (TPSA) is 96.7 Å². The molecule has 0 aromatic carbocycles. The molecule has 1 rings (SSSR count). The Balaban J connectivity index is 2.09. The molecule has 7 nitrogen and oxygen atoms in total. The maximum absolute atomic E-state index is 11.6. The number of likely N-dealkylation sites (tertiary alicyclic amines) is 1. The van der Waals surface area contributed by atoms with Gasteiger partial charge in [0.15, 0.2) is 0 Å². The number of hydrogen-bond donors (Lipinski definition) is 3. The van der Waals surface area contributed by atoms with Gasteiger partial charge >= 0.3 is 12.1 Å². The Morgan fingerprint density at radius 3 is 2.44 bits per heavy atom. The number of amides is 3. The van der Waals surface area contributed by atoms with Crippen LogP contribution in [0.4, 0.5) is 9.59 Å². The Bertz CT molecular complexity index is 308. The van der Waals surface area contributed by atoms with Crippen molar-refractivity contribution in [3.05, 3.63) is 0 Å². The first kappa shape index (κ1) is 14.6. The molecule has 0 spiro atoms. The van der Waals surface area contributed by atoms with Crippen LogP contribution < -0.4 is 16.4 Å². The van der Waals surface area contributed by atoms with Gasteiger partial charge in [-0.25, -0.2) is 9.59 Å². The SMILES string of the molecule is CC(C)(C)OC(=O)N1CC(NCCNC(N)=O)C1. The van der Waals surface area contributed by atoms with E-state index in [9.17, 15) is 9.59 Å². The van der Waals surface area contributed by atoms with Gasteiger partial charge in [-0.15, -0.1) is 0 Å². The van der Waals surface area contributed by atoms with Gasteiger partial charge < -0.3 is 26.0 Å². The van der Waals surface area contributed by atoms with Gasteiger partial charge in [0, 0.05) is 32.2 Å². The molecule has 0 bridgehead atoms. The highest BCUT2D eigenvalue weighted by Gasteiger charge is 2.33. The second kappa shape index (κ2) is 5.90. The van der Waals surface area contributed by atoms with E-state index in [0.717, 1.165) is 0 Å². The molecule has 3 amide bonds. The molecule has 0 aromatic heterocycles. The lowest BCUT2D eigenvalue weighted by molar-refractivity contribution is 0.00546. The number of carbonyl (C=O) groups is 2. The third-order valence-corrected chi connectivity index (χ3v) is 2.39. The summed E-state index contributed by atoms with van der Waals surface area (Å²) in [7, 11) is 0. The summed E-state index contributed by atoms with van der Waals surface area (Å²) in [6.07, 6.45) is -0.282. The molecule has 0 radical (unpaired) electrons. The normalized spacial score (nSPS) is 16.1. The second-order valence-electron chi connectivity index (χ2n) is 5.33. The van der Waals surface area contributed by atoms with Crippen molar-refractivity contribution in [2.24, 2.45) is 5.73 Å². The summed E-state index contributed by atoms with van der Waals surface area (Å²) >= 11 is 0. The lowest BCUT2D eigenvalue weighted by atomic mass is 10.1. The van der Waals surface area contributed by atoms with Crippen molar-refractivity contribution < 1.29 is 14.3 Å². The van der Waals surface area contributed by atoms with Crippen LogP contribution in [0.25, 0.3) is 0 Å². The summed E-state index contributed by atoms with van der Waals surface area (Å²) < 4.78 is 5.23. The van der Waals surface area contributed by atoms with E-state index in [0.29, 0.717) is 26.2 Å². The molecule has 0 aliphatic carbocycles. The molecule has 0 saturated carbocycles. The molecular formula is C11H22N4O3. The van der Waals surface area contributed by atoms with Crippen molar-refractivity contribution in [1.82, 2.24) is 15.5 Å². The molecule has 1 aliphatic rings. The predicted molar refractivity (Wildman–Crippen MR) is 67.2 cm³/mol. The fourth-order valence-electron chi connectivity index (χ4n) is 1.55. The second-order valence-corrected chi connectivity index (χ2v) is 5.33. The highest BCUT2D eigenvalue weighted by atomic mass is 16.6. The molecular weight excluding hydrogens is 236 g/mol. The number of nitrogens with zero attached hydrogens (tertiary/aromatic N) is 1. The van der Waals surface area contributed by atoms with Gasteiger partial charge in [0.25, 0.3) is 0 Å². The Morgan fingerprint density at radius 1 is 1.33 bits per heavy atom. The lowest BCUT2D eigenvalue weighted by Crippen LogP contribution is -2.61. The molecule has 0 unspecified atom stereocenters. The van der Waals surface area contributed by atoms with Crippen molar-refractivity contribution >= 4 is 12.1 Å². The van der Waals surface area contributed by atoms with Crippen LogP contribution in [-0.4, -0.2) is 54.8 Å². The first-order valence-electron chi connectivity index (χ1n) is 6.02. The summed E-state index contributed by atoms with van der Waals surface area (Å²) in [6, 6.07) is -0.270. The minimum Gasteiger partial charge on any atom is -0.444 e. The molecule has 104 valence electrons. The van der Waals surface area contributed by atoms with Gasteiger partial charge in [0.05, 0.1) is 0 Å². The number of nitrogens with two attached hydrogens (primary N) is 1. The third-order valence-electron chi connectivity index (χ3n) is 2.39. The molecule has 4 N–H and O–H groups in total. The maximum Gasteiger partial charge on any atom is 0.410 e. The lowest BCUT2D eigenvalue weighted by Gasteiger charge is -2.40. The fourth-order valence-corrected chi connectivity index (χ4v) is 1.55. The molecule has 1 fully saturated rings. The van der Waals surface area contributed by atoms with Gasteiger partial charge in [0.1, 0.15) is 5.60 Å². The Labute approximate surface area is 107 Å². The molecule has 0 atom stereocenters. The molecule has 1 aliphatic heterocycles. The van der Waals surface area contributed by atoms with E-state index < -0.39 is 11.6 Å². The number of ether oxygens (including phenoxy) is 1. The number of nitrogens with one attached hydrogen (secondary N) is 2. The molecule has 18 heavy (non-hydrogen) atoms. The quantitative estimate of drug-likeness (QED) is 0.612. The fraction of sp³-hybridized carbons (Fsp3) is 0.818. The highest BCUT2D eigenvalue weighted by molar-refractivity contribution is 5.71. The maximum atomic E-state index is 11.6. The van der Waals surface area contributed by atoms with Crippen molar-refractivity contribution in [3.63, 3.8) is 0 Å². The van der Waals surface area contributed by atoms with E-state index >= 15 is 0 Å². The highest BCUT2D eigenvalue weighted by Crippen LogP contribution is 2.14. The number of rotatable bonds is 4. The zero-order chi connectivity index (χ0) is 13.8. The zero-order valence-corrected chi connectivity index (χ0v) is 11.2. The van der Waals surface area contributed by atoms with E-state index in [1.54, 1.807) is 4.90 Å². The predicted octanol–water partition coefficient (Wildman–Crippen LogP) is -0.136. The van der Waals surface area contributed by atoms with E-state index in [4.69, 9.17) is 10.5 Å². The number of primary amides is 1. The van der Waals surface area contributed by atoms with E-state index in [-0.39, 0.29) is 12.1 Å². The van der Waals surface area contributed by atoms with E-state index in [2.05, 4.69) is 10.6 Å². The number of urea groups is 1. The number of carbonyl (C=O) groups excluding carboxylic acids is 2.